The number of carbonyl (C=O) groups excluding carboxylic acids is 1. The van der Waals surface area contributed by atoms with Crippen LogP contribution in [0, 0.1) is 20.8 Å². The summed E-state index contributed by atoms with van der Waals surface area (Å²) in [4.78, 5) is 38.9. The quantitative estimate of drug-likeness (QED) is 0.309. The highest BCUT2D eigenvalue weighted by atomic mass is 16.1. The summed E-state index contributed by atoms with van der Waals surface area (Å²) in [5.74, 6) is 0.0411. The Bertz CT molecular complexity index is 1610. The maximum absolute atomic E-state index is 13.1. The maximum atomic E-state index is 13.1. The van der Waals surface area contributed by atoms with E-state index < -0.39 is 0 Å². The van der Waals surface area contributed by atoms with Crippen molar-refractivity contribution in [2.45, 2.75) is 20.8 Å². The highest BCUT2D eigenvalue weighted by Gasteiger charge is 2.16. The fourth-order valence-electron chi connectivity index (χ4n) is 4.38. The molecule has 0 aliphatic heterocycles. The summed E-state index contributed by atoms with van der Waals surface area (Å²) in [7, 11) is 6.04. The van der Waals surface area contributed by atoms with Crippen LogP contribution in [-0.4, -0.2) is 59.6 Å². The lowest BCUT2D eigenvalue weighted by Gasteiger charge is -2.25. The number of carbonyl (C=O) groups is 1. The van der Waals surface area contributed by atoms with Crippen LogP contribution < -0.4 is 21.1 Å². The topological polar surface area (TPSA) is 95.4 Å². The van der Waals surface area contributed by atoms with Gasteiger partial charge in [-0.1, -0.05) is 24.8 Å². The largest absolute Gasteiger partial charge is 0.372 e. The molecule has 0 saturated carbocycles. The van der Waals surface area contributed by atoms with Crippen molar-refractivity contribution in [1.82, 2.24) is 19.4 Å². The fraction of sp³-hybridized carbons (Fsp3) is 0.267. The van der Waals surface area contributed by atoms with Crippen molar-refractivity contribution < 1.29 is 4.79 Å². The average molecular weight is 526 g/mol. The summed E-state index contributed by atoms with van der Waals surface area (Å²) in [6.07, 6.45) is 2.98. The SMILES string of the molecule is C=CC(=O)Nc1cc(Nc2ncc3c(C)cc(=O)n(-c4ccccc4C)c3n2)c(C)cc1N(C)CCN(C)C. The number of hydrogen-bond donors (Lipinski definition) is 2. The molecule has 202 valence electrons. The van der Waals surface area contributed by atoms with Crippen molar-refractivity contribution in [1.29, 1.82) is 0 Å². The van der Waals surface area contributed by atoms with Gasteiger partial charge in [-0.2, -0.15) is 4.98 Å². The van der Waals surface area contributed by atoms with Gasteiger partial charge in [0.1, 0.15) is 0 Å². The molecule has 2 aromatic heterocycles. The summed E-state index contributed by atoms with van der Waals surface area (Å²) >= 11 is 0. The molecular formula is C30H35N7O2. The Morgan fingerprint density at radius 3 is 2.44 bits per heavy atom. The molecule has 1 amide bonds. The van der Waals surface area contributed by atoms with E-state index in [1.165, 1.54) is 6.08 Å². The number of rotatable bonds is 9. The highest BCUT2D eigenvalue weighted by molar-refractivity contribution is 6.02. The van der Waals surface area contributed by atoms with E-state index in [-0.39, 0.29) is 11.5 Å². The summed E-state index contributed by atoms with van der Waals surface area (Å²) in [6, 6.07) is 13.2. The lowest BCUT2D eigenvalue weighted by atomic mass is 10.1. The minimum atomic E-state index is -0.299. The molecule has 2 N–H and O–H groups in total. The fourth-order valence-corrected chi connectivity index (χ4v) is 4.38. The Morgan fingerprint density at radius 2 is 1.74 bits per heavy atom. The van der Waals surface area contributed by atoms with Crippen molar-refractivity contribution in [3.05, 3.63) is 88.4 Å². The molecule has 0 atom stereocenters. The van der Waals surface area contributed by atoms with Crippen LogP contribution in [0.4, 0.5) is 23.0 Å². The van der Waals surface area contributed by atoms with Crippen LogP contribution in [0.2, 0.25) is 0 Å². The standard InChI is InChI=1S/C30H35N7O2/c1-8-27(38)32-24-17-23(21(4)15-26(24)36(7)14-13-35(5)6)33-30-31-18-22-20(3)16-28(39)37(29(22)34-30)25-12-10-9-11-19(25)2/h8-12,15-18H,1,13-14H2,2-7H3,(H,32,38)(H,31,33,34). The van der Waals surface area contributed by atoms with Gasteiger partial charge >= 0.3 is 0 Å². The second kappa shape index (κ2) is 11.5. The number of nitrogens with zero attached hydrogens (tertiary/aromatic N) is 5. The van der Waals surface area contributed by atoms with Crippen LogP contribution in [0.25, 0.3) is 16.7 Å². The first-order valence-electron chi connectivity index (χ1n) is 12.8. The molecule has 2 heterocycles. The van der Waals surface area contributed by atoms with Crippen molar-refractivity contribution in [3.63, 3.8) is 0 Å². The molecule has 0 unspecified atom stereocenters. The zero-order valence-electron chi connectivity index (χ0n) is 23.4. The van der Waals surface area contributed by atoms with Gasteiger partial charge < -0.3 is 20.4 Å². The lowest BCUT2D eigenvalue weighted by Crippen LogP contribution is -2.29. The molecule has 2 aromatic carbocycles. The van der Waals surface area contributed by atoms with Crippen molar-refractivity contribution in [3.8, 4) is 5.69 Å². The molecule has 0 aliphatic carbocycles. The summed E-state index contributed by atoms with van der Waals surface area (Å²) in [6.45, 7) is 11.1. The van der Waals surface area contributed by atoms with E-state index in [4.69, 9.17) is 4.98 Å². The molecule has 0 radical (unpaired) electrons. The number of benzene rings is 2. The molecule has 0 saturated heterocycles. The Kier molecular flexibility index (Phi) is 8.11. The van der Waals surface area contributed by atoms with Crippen molar-refractivity contribution in [2.75, 3.05) is 49.8 Å². The number of pyridine rings is 1. The number of nitrogens with one attached hydrogen (secondary N) is 2. The van der Waals surface area contributed by atoms with E-state index >= 15 is 0 Å². The highest BCUT2D eigenvalue weighted by Crippen LogP contribution is 2.33. The molecule has 0 aliphatic rings. The van der Waals surface area contributed by atoms with Gasteiger partial charge in [0.05, 0.1) is 17.1 Å². The zero-order chi connectivity index (χ0) is 28.3. The molecule has 0 fully saturated rings. The lowest BCUT2D eigenvalue weighted by molar-refractivity contribution is -0.111. The molecule has 0 bridgehead atoms. The van der Waals surface area contributed by atoms with Crippen LogP contribution in [0.3, 0.4) is 0 Å². The van der Waals surface area contributed by atoms with Crippen LogP contribution in [0.15, 0.2) is 66.1 Å². The number of hydrogen-bond acceptors (Lipinski definition) is 7. The molecule has 4 rings (SSSR count). The molecule has 0 spiro atoms. The minimum Gasteiger partial charge on any atom is -0.372 e. The zero-order valence-corrected chi connectivity index (χ0v) is 23.4. The van der Waals surface area contributed by atoms with Gasteiger partial charge in [0, 0.05) is 43.5 Å². The van der Waals surface area contributed by atoms with Crippen molar-refractivity contribution in [2.24, 2.45) is 0 Å². The number of fused-ring (bicyclic) bond motifs is 1. The van der Waals surface area contributed by atoms with E-state index in [0.717, 1.165) is 52.2 Å². The van der Waals surface area contributed by atoms with E-state index in [2.05, 4.69) is 32.0 Å². The third-order valence-corrected chi connectivity index (χ3v) is 6.65. The van der Waals surface area contributed by atoms with Gasteiger partial charge in [0.25, 0.3) is 5.56 Å². The first kappa shape index (κ1) is 27.5. The number of amides is 1. The Balaban J connectivity index is 1.79. The van der Waals surface area contributed by atoms with Gasteiger partial charge in [-0.05, 0) is 75.8 Å². The smallest absolute Gasteiger partial charge is 0.257 e. The number of anilines is 4. The first-order valence-corrected chi connectivity index (χ1v) is 12.8. The first-order chi connectivity index (χ1) is 18.6. The number of likely N-dealkylation sites (N-methyl/N-ethyl adjacent to an activating group) is 2. The molecule has 39 heavy (non-hydrogen) atoms. The second-order valence-electron chi connectivity index (χ2n) is 9.95. The van der Waals surface area contributed by atoms with E-state index in [1.54, 1.807) is 16.8 Å². The van der Waals surface area contributed by atoms with Gasteiger partial charge in [0.2, 0.25) is 11.9 Å². The third-order valence-electron chi connectivity index (χ3n) is 6.65. The second-order valence-corrected chi connectivity index (χ2v) is 9.95. The predicted octanol–water partition coefficient (Wildman–Crippen LogP) is 4.57. The summed E-state index contributed by atoms with van der Waals surface area (Å²) in [5.41, 5.74) is 6.11. The molecular weight excluding hydrogens is 490 g/mol. The Labute approximate surface area is 228 Å². The average Bonchev–Trinajstić information content (AvgIpc) is 2.89. The Morgan fingerprint density at radius 1 is 1.00 bits per heavy atom. The van der Waals surface area contributed by atoms with E-state index in [0.29, 0.717) is 17.3 Å². The molecule has 4 aromatic rings. The summed E-state index contributed by atoms with van der Waals surface area (Å²) in [5, 5.41) is 7.02. The molecule has 9 nitrogen and oxygen atoms in total. The van der Waals surface area contributed by atoms with Crippen LogP contribution in [0.5, 0.6) is 0 Å². The normalized spacial score (nSPS) is 11.1. The summed E-state index contributed by atoms with van der Waals surface area (Å²) < 4.78 is 1.62. The third kappa shape index (κ3) is 5.99. The number of para-hydroxylation sites is 1. The number of aryl methyl sites for hydroxylation is 3. The monoisotopic (exact) mass is 525 g/mol. The predicted molar refractivity (Wildman–Crippen MR) is 160 cm³/mol. The minimum absolute atomic E-state index is 0.158. The number of aromatic nitrogens is 3. The van der Waals surface area contributed by atoms with Gasteiger partial charge in [0.15, 0.2) is 5.65 Å². The van der Waals surface area contributed by atoms with Crippen LogP contribution >= 0.6 is 0 Å². The van der Waals surface area contributed by atoms with E-state index in [1.807, 2.05) is 78.3 Å². The maximum Gasteiger partial charge on any atom is 0.257 e. The van der Waals surface area contributed by atoms with Gasteiger partial charge in [-0.15, -0.1) is 0 Å². The van der Waals surface area contributed by atoms with Crippen molar-refractivity contribution >= 4 is 40.0 Å². The van der Waals surface area contributed by atoms with E-state index in [9.17, 15) is 9.59 Å². The molecule has 9 heteroatoms. The van der Waals surface area contributed by atoms with Crippen LogP contribution in [0.1, 0.15) is 16.7 Å². The van der Waals surface area contributed by atoms with Gasteiger partial charge in [-0.25, -0.2) is 4.98 Å². The van der Waals surface area contributed by atoms with Gasteiger partial charge in [-0.3, -0.25) is 14.2 Å². The van der Waals surface area contributed by atoms with Crippen LogP contribution in [-0.2, 0) is 4.79 Å². The Hall–Kier alpha value is -4.50.